The van der Waals surface area contributed by atoms with E-state index in [1.807, 2.05) is 51.1 Å². The minimum absolute atomic E-state index is 0.235. The Labute approximate surface area is 326 Å². The third kappa shape index (κ3) is 14.9. The van der Waals surface area contributed by atoms with E-state index in [1.165, 1.54) is 37.4 Å². The second-order valence-electron chi connectivity index (χ2n) is 14.5. The van der Waals surface area contributed by atoms with Gasteiger partial charge in [0, 0.05) is 31.0 Å². The summed E-state index contributed by atoms with van der Waals surface area (Å²) in [6, 6.07) is 24.2. The van der Waals surface area contributed by atoms with E-state index in [0.29, 0.717) is 28.3 Å². The Kier molecular flexibility index (Phi) is 15.5. The minimum Gasteiger partial charge on any atom is -0.487 e. The second kappa shape index (κ2) is 19.5. The number of hydrogen-bond donors (Lipinski definition) is 4. The summed E-state index contributed by atoms with van der Waals surface area (Å²) < 4.78 is 24.0. The van der Waals surface area contributed by atoms with Crippen LogP contribution in [0.1, 0.15) is 83.7 Å². The maximum absolute atomic E-state index is 12.8. The summed E-state index contributed by atoms with van der Waals surface area (Å²) in [5, 5.41) is 8.19. The van der Waals surface area contributed by atoms with Crippen molar-refractivity contribution in [3.8, 4) is 5.75 Å². The van der Waals surface area contributed by atoms with Crippen molar-refractivity contribution in [2.45, 2.75) is 77.7 Å². The standard InChI is InChI=1S/C26H33ClN2O5.C16H15FN2O2/c1-25(2,3)33-21-13-12-18(15-19(21)27)22(30)29-20(23(31)28-7)14-16-8-10-17(11-9-16)24(32)34-26(4,5)6;17-13-8-6-12(7-9-13)16(21)19-14(15(18)20)10-11-4-2-1-3-5-11/h8-13,15,20H,14H2,1-7H3,(H,28,31)(H,29,30);1-9,14H,10H2,(H2,18,20)(H,19,21). The molecule has 0 saturated heterocycles. The van der Waals surface area contributed by atoms with Crippen molar-refractivity contribution in [2.24, 2.45) is 5.73 Å². The summed E-state index contributed by atoms with van der Waals surface area (Å²) in [5.41, 5.74) is 6.94. The third-order valence-electron chi connectivity index (χ3n) is 7.54. The molecule has 0 spiro atoms. The van der Waals surface area contributed by atoms with E-state index in [-0.39, 0.29) is 17.9 Å². The summed E-state index contributed by atoms with van der Waals surface area (Å²) in [7, 11) is 1.50. The van der Waals surface area contributed by atoms with Crippen LogP contribution in [0, 0.1) is 5.82 Å². The molecule has 0 aromatic heterocycles. The molecule has 0 radical (unpaired) electrons. The van der Waals surface area contributed by atoms with Crippen molar-refractivity contribution in [3.63, 3.8) is 0 Å². The molecule has 4 rings (SSSR count). The van der Waals surface area contributed by atoms with Crippen LogP contribution in [0.5, 0.6) is 5.75 Å². The van der Waals surface area contributed by atoms with Gasteiger partial charge in [-0.25, -0.2) is 9.18 Å². The molecule has 292 valence electrons. The molecule has 0 aliphatic heterocycles. The van der Waals surface area contributed by atoms with Gasteiger partial charge in [-0.2, -0.15) is 0 Å². The molecule has 0 bridgehead atoms. The second-order valence-corrected chi connectivity index (χ2v) is 14.9. The summed E-state index contributed by atoms with van der Waals surface area (Å²) >= 11 is 6.29. The number of carbonyl (C=O) groups is 5. The van der Waals surface area contributed by atoms with Gasteiger partial charge in [-0.3, -0.25) is 19.2 Å². The smallest absolute Gasteiger partial charge is 0.338 e. The maximum Gasteiger partial charge on any atom is 0.338 e. The highest BCUT2D eigenvalue weighted by Crippen LogP contribution is 2.29. The lowest BCUT2D eigenvalue weighted by Gasteiger charge is -2.22. The van der Waals surface area contributed by atoms with Gasteiger partial charge in [-0.05, 0) is 107 Å². The SMILES string of the molecule is CNC(=O)C(Cc1ccc(C(=O)OC(C)(C)C)cc1)NC(=O)c1ccc(OC(C)(C)C)c(Cl)c1.NC(=O)C(Cc1ccccc1)NC(=O)c1ccc(F)cc1. The van der Waals surface area contributed by atoms with Gasteiger partial charge >= 0.3 is 5.97 Å². The van der Waals surface area contributed by atoms with E-state index >= 15 is 0 Å². The zero-order valence-electron chi connectivity index (χ0n) is 32.0. The molecule has 4 amide bonds. The number of nitrogens with two attached hydrogens (primary N) is 1. The quantitative estimate of drug-likeness (QED) is 0.124. The number of nitrogens with one attached hydrogen (secondary N) is 3. The fourth-order valence-electron chi connectivity index (χ4n) is 4.94. The average molecular weight is 775 g/mol. The highest BCUT2D eigenvalue weighted by Gasteiger charge is 2.24. The molecule has 2 unspecified atom stereocenters. The van der Waals surface area contributed by atoms with Gasteiger partial charge in [-0.15, -0.1) is 0 Å². The van der Waals surface area contributed by atoms with Crippen LogP contribution >= 0.6 is 11.6 Å². The van der Waals surface area contributed by atoms with Crippen LogP contribution in [0.4, 0.5) is 4.39 Å². The molecule has 5 N–H and O–H groups in total. The van der Waals surface area contributed by atoms with E-state index in [1.54, 1.807) is 57.2 Å². The fraction of sp³-hybridized carbons (Fsp3) is 0.310. The Morgan fingerprint density at radius 1 is 0.691 bits per heavy atom. The first-order valence-electron chi connectivity index (χ1n) is 17.5. The highest BCUT2D eigenvalue weighted by molar-refractivity contribution is 6.32. The molecule has 2 atom stereocenters. The van der Waals surface area contributed by atoms with Crippen LogP contribution in [0.2, 0.25) is 5.02 Å². The molecule has 0 aliphatic rings. The van der Waals surface area contributed by atoms with Crippen molar-refractivity contribution in [1.82, 2.24) is 16.0 Å². The monoisotopic (exact) mass is 774 g/mol. The highest BCUT2D eigenvalue weighted by atomic mass is 35.5. The Bertz CT molecular complexity index is 1940. The zero-order chi connectivity index (χ0) is 40.9. The van der Waals surface area contributed by atoms with Crippen LogP contribution in [-0.2, 0) is 27.2 Å². The number of primary amides is 1. The molecule has 55 heavy (non-hydrogen) atoms. The van der Waals surface area contributed by atoms with Gasteiger partial charge < -0.3 is 31.2 Å². The summed E-state index contributed by atoms with van der Waals surface area (Å²) in [6.45, 7) is 11.1. The Morgan fingerprint density at radius 3 is 1.73 bits per heavy atom. The van der Waals surface area contributed by atoms with Crippen LogP contribution in [-0.4, -0.2) is 59.9 Å². The maximum atomic E-state index is 12.8. The number of hydrogen-bond acceptors (Lipinski definition) is 7. The molecule has 4 aromatic carbocycles. The van der Waals surface area contributed by atoms with Gasteiger partial charge in [0.2, 0.25) is 11.8 Å². The molecule has 0 aliphatic carbocycles. The van der Waals surface area contributed by atoms with E-state index in [2.05, 4.69) is 16.0 Å². The van der Waals surface area contributed by atoms with Crippen LogP contribution in [0.3, 0.4) is 0 Å². The third-order valence-corrected chi connectivity index (χ3v) is 7.84. The number of esters is 1. The first-order chi connectivity index (χ1) is 25.7. The average Bonchev–Trinajstić information content (AvgIpc) is 3.11. The lowest BCUT2D eigenvalue weighted by atomic mass is 10.0. The lowest BCUT2D eigenvalue weighted by molar-refractivity contribution is -0.122. The summed E-state index contributed by atoms with van der Waals surface area (Å²) in [5.74, 6) is -2.25. The first kappa shape index (κ1) is 43.7. The number of halogens is 2. The number of ether oxygens (including phenoxy) is 2. The van der Waals surface area contributed by atoms with Crippen LogP contribution in [0.25, 0.3) is 0 Å². The minimum atomic E-state index is -0.825. The Hall–Kier alpha value is -5.75. The predicted molar refractivity (Wildman–Crippen MR) is 209 cm³/mol. The van der Waals surface area contributed by atoms with Crippen molar-refractivity contribution >= 4 is 41.2 Å². The molecule has 0 fully saturated rings. The molecule has 4 aromatic rings. The fourth-order valence-corrected chi connectivity index (χ4v) is 5.16. The molecule has 0 heterocycles. The predicted octanol–water partition coefficient (Wildman–Crippen LogP) is 6.21. The number of likely N-dealkylation sites (N-methyl/N-ethyl adjacent to an activating group) is 1. The lowest BCUT2D eigenvalue weighted by Crippen LogP contribution is -2.47. The number of amides is 4. The Balaban J connectivity index is 0.000000330. The van der Waals surface area contributed by atoms with E-state index < -0.39 is 52.8 Å². The van der Waals surface area contributed by atoms with Crippen molar-refractivity contribution in [2.75, 3.05) is 7.05 Å². The van der Waals surface area contributed by atoms with Crippen molar-refractivity contribution in [1.29, 1.82) is 0 Å². The normalized spacial score (nSPS) is 12.2. The Morgan fingerprint density at radius 2 is 1.20 bits per heavy atom. The number of benzene rings is 4. The van der Waals surface area contributed by atoms with Crippen LogP contribution in [0.15, 0.2) is 97.1 Å². The summed E-state index contributed by atoms with van der Waals surface area (Å²) in [4.78, 5) is 61.0. The van der Waals surface area contributed by atoms with E-state index in [4.69, 9.17) is 26.8 Å². The number of carbonyl (C=O) groups excluding carboxylic acids is 5. The number of rotatable bonds is 12. The van der Waals surface area contributed by atoms with Gasteiger partial charge in [0.05, 0.1) is 10.6 Å². The molecule has 11 nitrogen and oxygen atoms in total. The topological polar surface area (TPSA) is 166 Å². The zero-order valence-corrected chi connectivity index (χ0v) is 32.8. The van der Waals surface area contributed by atoms with Crippen LogP contribution < -0.4 is 26.4 Å². The van der Waals surface area contributed by atoms with Gasteiger partial charge in [0.25, 0.3) is 11.8 Å². The van der Waals surface area contributed by atoms with Gasteiger partial charge in [0.1, 0.15) is 34.9 Å². The largest absolute Gasteiger partial charge is 0.487 e. The van der Waals surface area contributed by atoms with E-state index in [0.717, 1.165) is 11.1 Å². The van der Waals surface area contributed by atoms with E-state index in [9.17, 15) is 28.4 Å². The molecule has 0 saturated carbocycles. The van der Waals surface area contributed by atoms with Gasteiger partial charge in [-0.1, -0.05) is 54.1 Å². The summed E-state index contributed by atoms with van der Waals surface area (Å²) in [6.07, 6.45) is 0.544. The molecule has 13 heteroatoms. The van der Waals surface area contributed by atoms with Gasteiger partial charge in [0.15, 0.2) is 0 Å². The molecular formula is C42H48ClFN4O7. The van der Waals surface area contributed by atoms with Crippen molar-refractivity contribution in [3.05, 3.63) is 136 Å². The van der Waals surface area contributed by atoms with Crippen molar-refractivity contribution < 1.29 is 37.8 Å². The first-order valence-corrected chi connectivity index (χ1v) is 17.9. The molecular weight excluding hydrogens is 727 g/mol.